The molecule has 24 heavy (non-hydrogen) atoms. The van der Waals surface area contributed by atoms with Crippen molar-refractivity contribution in [1.82, 2.24) is 5.32 Å². The molecule has 0 atom stereocenters. The highest BCUT2D eigenvalue weighted by atomic mass is 14.8. The van der Waals surface area contributed by atoms with E-state index in [1.165, 1.54) is 33.0 Å². The minimum absolute atomic E-state index is 0.882. The molecule has 0 unspecified atom stereocenters. The molecular weight excluding hydrogens is 290 g/mol. The molecule has 0 heterocycles. The molecule has 0 bridgehead atoms. The first-order chi connectivity index (χ1) is 11.8. The Kier molecular flexibility index (Phi) is 4.02. The summed E-state index contributed by atoms with van der Waals surface area (Å²) >= 11 is 0. The van der Waals surface area contributed by atoms with Crippen LogP contribution >= 0.6 is 0 Å². The number of fused-ring (bicyclic) bond motifs is 2. The maximum absolute atomic E-state index is 4.21. The van der Waals surface area contributed by atoms with Gasteiger partial charge in [0.25, 0.3) is 0 Å². The Balaban J connectivity index is 1.46. The summed E-state index contributed by atoms with van der Waals surface area (Å²) in [6, 6.07) is 23.6. The predicted molar refractivity (Wildman–Crippen MR) is 103 cm³/mol. The fourth-order valence-electron chi connectivity index (χ4n) is 3.53. The van der Waals surface area contributed by atoms with Gasteiger partial charge in [-0.15, -0.1) is 0 Å². The monoisotopic (exact) mass is 311 g/mol. The average Bonchev–Trinajstić information content (AvgIpc) is 2.62. The number of benzene rings is 3. The van der Waals surface area contributed by atoms with E-state index in [9.17, 15) is 0 Å². The van der Waals surface area contributed by atoms with Crippen LogP contribution in [0.5, 0.6) is 0 Å². The van der Waals surface area contributed by atoms with Gasteiger partial charge in [0, 0.05) is 13.1 Å². The van der Waals surface area contributed by atoms with Crippen LogP contribution in [0.3, 0.4) is 0 Å². The van der Waals surface area contributed by atoms with Gasteiger partial charge in [-0.05, 0) is 39.5 Å². The van der Waals surface area contributed by atoms with Crippen molar-refractivity contribution in [1.29, 1.82) is 0 Å². The quantitative estimate of drug-likeness (QED) is 0.704. The zero-order valence-corrected chi connectivity index (χ0v) is 13.8. The zero-order valence-electron chi connectivity index (χ0n) is 13.8. The Labute approximate surface area is 143 Å². The third-order valence-electron chi connectivity index (χ3n) is 4.71. The second-order valence-corrected chi connectivity index (χ2v) is 6.40. The third kappa shape index (κ3) is 2.91. The fourth-order valence-corrected chi connectivity index (χ4v) is 3.53. The van der Waals surface area contributed by atoms with Crippen molar-refractivity contribution in [2.75, 3.05) is 6.54 Å². The highest BCUT2D eigenvalue weighted by molar-refractivity contribution is 5.85. The lowest BCUT2D eigenvalue weighted by Gasteiger charge is -2.19. The van der Waals surface area contributed by atoms with Crippen molar-refractivity contribution < 1.29 is 0 Å². The van der Waals surface area contributed by atoms with Crippen molar-refractivity contribution in [2.24, 2.45) is 0 Å². The fraction of sp³-hybridized carbons (Fsp3) is 0.130. The summed E-state index contributed by atoms with van der Waals surface area (Å²) in [5, 5.41) is 6.24. The minimum Gasteiger partial charge on any atom is -0.309 e. The van der Waals surface area contributed by atoms with Gasteiger partial charge in [0.1, 0.15) is 0 Å². The smallest absolute Gasteiger partial charge is 0.0214 e. The molecule has 3 aromatic carbocycles. The van der Waals surface area contributed by atoms with E-state index >= 15 is 0 Å². The molecule has 1 heteroatoms. The number of nitrogens with one attached hydrogen (secondary N) is 1. The highest BCUT2D eigenvalue weighted by Gasteiger charge is 2.12. The van der Waals surface area contributed by atoms with E-state index in [0.29, 0.717) is 0 Å². The van der Waals surface area contributed by atoms with Crippen molar-refractivity contribution in [2.45, 2.75) is 13.0 Å². The molecule has 118 valence electrons. The van der Waals surface area contributed by atoms with Gasteiger partial charge in [0.2, 0.25) is 0 Å². The summed E-state index contributed by atoms with van der Waals surface area (Å²) in [5.74, 6) is 0. The van der Waals surface area contributed by atoms with Crippen LogP contribution in [0.1, 0.15) is 16.7 Å². The van der Waals surface area contributed by atoms with Crippen molar-refractivity contribution in [3.05, 3.63) is 102 Å². The van der Waals surface area contributed by atoms with Gasteiger partial charge >= 0.3 is 0 Å². The summed E-state index contributed by atoms with van der Waals surface area (Å²) in [5.41, 5.74) is 6.55. The van der Waals surface area contributed by atoms with Gasteiger partial charge in [-0.25, -0.2) is 0 Å². The molecule has 0 amide bonds. The van der Waals surface area contributed by atoms with E-state index in [2.05, 4.69) is 84.7 Å². The lowest BCUT2D eigenvalue weighted by atomic mass is 9.89. The molecule has 0 aromatic heterocycles. The Morgan fingerprint density at radius 2 is 1.62 bits per heavy atom. The topological polar surface area (TPSA) is 12.0 Å². The van der Waals surface area contributed by atoms with E-state index in [4.69, 9.17) is 0 Å². The van der Waals surface area contributed by atoms with Crippen molar-refractivity contribution in [3.63, 3.8) is 0 Å². The van der Waals surface area contributed by atoms with Crippen LogP contribution in [0.4, 0.5) is 0 Å². The van der Waals surface area contributed by atoms with E-state index in [1.54, 1.807) is 0 Å². The summed E-state index contributed by atoms with van der Waals surface area (Å²) < 4.78 is 0. The first-order valence-corrected chi connectivity index (χ1v) is 8.45. The molecule has 0 radical (unpaired) electrons. The number of hydrogen-bond donors (Lipinski definition) is 1. The van der Waals surface area contributed by atoms with Crippen LogP contribution < -0.4 is 5.32 Å². The van der Waals surface area contributed by atoms with Gasteiger partial charge in [-0.1, -0.05) is 85.0 Å². The van der Waals surface area contributed by atoms with Gasteiger partial charge in [0.05, 0.1) is 0 Å². The summed E-state index contributed by atoms with van der Waals surface area (Å²) in [6.45, 7) is 5.99. The molecule has 0 saturated carbocycles. The molecule has 1 aliphatic rings. The average molecular weight is 311 g/mol. The Hall–Kier alpha value is -2.64. The van der Waals surface area contributed by atoms with Gasteiger partial charge in [-0.3, -0.25) is 0 Å². The lowest BCUT2D eigenvalue weighted by Crippen LogP contribution is -2.19. The SMILES string of the molecule is C=C1C=C(CNCc2cccc3ccccc23)Cc2ccccc21. The maximum atomic E-state index is 4.21. The summed E-state index contributed by atoms with van der Waals surface area (Å²) in [7, 11) is 0. The second-order valence-electron chi connectivity index (χ2n) is 6.40. The van der Waals surface area contributed by atoms with Gasteiger partial charge in [0.15, 0.2) is 0 Å². The molecule has 3 aromatic rings. The summed E-state index contributed by atoms with van der Waals surface area (Å²) in [6.07, 6.45) is 3.25. The van der Waals surface area contributed by atoms with Crippen LogP contribution in [0, 0.1) is 0 Å². The Morgan fingerprint density at radius 3 is 2.58 bits per heavy atom. The van der Waals surface area contributed by atoms with Crippen LogP contribution in [-0.2, 0) is 13.0 Å². The van der Waals surface area contributed by atoms with E-state index in [-0.39, 0.29) is 0 Å². The van der Waals surface area contributed by atoms with Crippen LogP contribution in [0.2, 0.25) is 0 Å². The molecule has 0 fully saturated rings. The number of hydrogen-bond acceptors (Lipinski definition) is 1. The normalized spacial score (nSPS) is 13.7. The second kappa shape index (κ2) is 6.46. The molecule has 1 nitrogen and oxygen atoms in total. The molecule has 0 saturated heterocycles. The minimum atomic E-state index is 0.882. The van der Waals surface area contributed by atoms with Gasteiger partial charge < -0.3 is 5.32 Å². The molecule has 0 aliphatic heterocycles. The standard InChI is InChI=1S/C23H21N/c1-17-13-18(14-20-8-3-4-11-22(17)20)15-24-16-21-10-6-9-19-7-2-5-12-23(19)21/h2-13,24H,1,14-16H2. The lowest BCUT2D eigenvalue weighted by molar-refractivity contribution is 0.731. The van der Waals surface area contributed by atoms with Crippen LogP contribution in [0.25, 0.3) is 16.3 Å². The summed E-state index contributed by atoms with van der Waals surface area (Å²) in [4.78, 5) is 0. The number of rotatable bonds is 4. The molecular formula is C23H21N. The molecule has 4 rings (SSSR count). The van der Waals surface area contributed by atoms with E-state index < -0.39 is 0 Å². The largest absolute Gasteiger partial charge is 0.309 e. The van der Waals surface area contributed by atoms with Crippen LogP contribution in [-0.4, -0.2) is 6.54 Å². The highest BCUT2D eigenvalue weighted by Crippen LogP contribution is 2.27. The van der Waals surface area contributed by atoms with Crippen molar-refractivity contribution in [3.8, 4) is 0 Å². The predicted octanol–water partition coefficient (Wildman–Crippen LogP) is 5.13. The third-order valence-corrected chi connectivity index (χ3v) is 4.71. The number of allylic oxidation sites excluding steroid dienone is 2. The van der Waals surface area contributed by atoms with Gasteiger partial charge in [-0.2, -0.15) is 0 Å². The molecule has 1 N–H and O–H groups in total. The Bertz CT molecular complexity index is 928. The van der Waals surface area contributed by atoms with Crippen molar-refractivity contribution >= 4 is 16.3 Å². The first kappa shape index (κ1) is 14.9. The molecule has 0 spiro atoms. The van der Waals surface area contributed by atoms with E-state index in [1.807, 2.05) is 0 Å². The van der Waals surface area contributed by atoms with Crippen LogP contribution in [0.15, 0.2) is 85.0 Å². The zero-order chi connectivity index (χ0) is 16.4. The molecule has 1 aliphatic carbocycles. The van der Waals surface area contributed by atoms with E-state index in [0.717, 1.165) is 25.1 Å². The first-order valence-electron chi connectivity index (χ1n) is 8.45. The Morgan fingerprint density at radius 1 is 0.833 bits per heavy atom. The maximum Gasteiger partial charge on any atom is 0.0214 e.